The Balaban J connectivity index is 3.20. The van der Waals surface area contributed by atoms with Gasteiger partial charge in [0.15, 0.2) is 0 Å². The molecule has 0 aliphatic heterocycles. The van der Waals surface area contributed by atoms with Gasteiger partial charge in [0.25, 0.3) is 0 Å². The topological polar surface area (TPSA) is 0 Å². The van der Waals surface area contributed by atoms with Gasteiger partial charge in [-0.1, -0.05) is 38.8 Å². The summed E-state index contributed by atoms with van der Waals surface area (Å²) < 4.78 is 0. The molecule has 1 atom stereocenters. The van der Waals surface area contributed by atoms with E-state index in [1.165, 1.54) is 19.3 Å². The Bertz CT molecular complexity index is 82.0. The first-order chi connectivity index (χ1) is 4.81. The molecule has 0 nitrogen and oxygen atoms in total. The Hall–Kier alpha value is -0.260. The minimum absolute atomic E-state index is 0.854. The number of rotatable bonds is 5. The molecule has 0 saturated carbocycles. The zero-order chi connectivity index (χ0) is 7.82. The lowest BCUT2D eigenvalue weighted by Gasteiger charge is -2.04. The lowest BCUT2D eigenvalue weighted by atomic mass is 10.0. The second kappa shape index (κ2) is 6.85. The molecule has 0 saturated heterocycles. The normalized spacial score (nSPS) is 14.3. The molecule has 0 aliphatic rings. The van der Waals surface area contributed by atoms with Crippen molar-refractivity contribution in [1.29, 1.82) is 0 Å². The predicted octanol–water partition coefficient (Wildman–Crippen LogP) is 3.59. The van der Waals surface area contributed by atoms with Crippen LogP contribution in [0.15, 0.2) is 12.2 Å². The van der Waals surface area contributed by atoms with Gasteiger partial charge < -0.3 is 0 Å². The van der Waals surface area contributed by atoms with Gasteiger partial charge in [-0.3, -0.25) is 0 Å². The van der Waals surface area contributed by atoms with E-state index in [4.69, 9.17) is 0 Å². The van der Waals surface area contributed by atoms with Crippen LogP contribution in [0, 0.1) is 12.8 Å². The van der Waals surface area contributed by atoms with Crippen molar-refractivity contribution in [3.05, 3.63) is 19.1 Å². The zero-order valence-electron chi connectivity index (χ0n) is 7.27. The molecular weight excluding hydrogens is 120 g/mol. The minimum Gasteiger partial charge on any atom is -0.0885 e. The quantitative estimate of drug-likeness (QED) is 0.510. The maximum absolute atomic E-state index is 3.74. The molecule has 0 N–H and O–H groups in total. The smallest absolute Gasteiger partial charge is 0.0325 e. The number of hydrogen-bond acceptors (Lipinski definition) is 0. The van der Waals surface area contributed by atoms with Crippen LogP contribution in [0.4, 0.5) is 0 Å². The standard InChI is InChI=1S/C10H19/c1-4-6-7-9-10(3)8-5-2/h6-7,10H,1,4-5,8-9H2,2-3H3/b7-6+. The highest BCUT2D eigenvalue weighted by Crippen LogP contribution is 2.09. The Morgan fingerprint density at radius 1 is 1.40 bits per heavy atom. The van der Waals surface area contributed by atoms with Gasteiger partial charge in [0.2, 0.25) is 0 Å². The maximum atomic E-state index is 3.74. The predicted molar refractivity (Wildman–Crippen MR) is 47.8 cm³/mol. The molecule has 0 aromatic heterocycles. The summed E-state index contributed by atoms with van der Waals surface area (Å²) in [6.45, 7) is 8.28. The van der Waals surface area contributed by atoms with E-state index in [-0.39, 0.29) is 0 Å². The second-order valence-corrected chi connectivity index (χ2v) is 2.89. The lowest BCUT2D eigenvalue weighted by molar-refractivity contribution is 0.532. The molecule has 0 heteroatoms. The van der Waals surface area contributed by atoms with Crippen LogP contribution in [-0.2, 0) is 0 Å². The third kappa shape index (κ3) is 5.87. The lowest BCUT2D eigenvalue weighted by Crippen LogP contribution is -1.90. The monoisotopic (exact) mass is 139 g/mol. The summed E-state index contributed by atoms with van der Waals surface area (Å²) in [5, 5.41) is 0. The Morgan fingerprint density at radius 2 is 2.10 bits per heavy atom. The summed E-state index contributed by atoms with van der Waals surface area (Å²) in [4.78, 5) is 0. The van der Waals surface area contributed by atoms with E-state index in [1.807, 2.05) is 0 Å². The average molecular weight is 139 g/mol. The van der Waals surface area contributed by atoms with E-state index >= 15 is 0 Å². The first kappa shape index (κ1) is 9.74. The average Bonchev–Trinajstić information content (AvgIpc) is 1.89. The molecule has 1 unspecified atom stereocenters. The van der Waals surface area contributed by atoms with Gasteiger partial charge >= 0.3 is 0 Å². The van der Waals surface area contributed by atoms with E-state index in [2.05, 4.69) is 32.9 Å². The van der Waals surface area contributed by atoms with Gasteiger partial charge in [0, 0.05) is 0 Å². The third-order valence-electron chi connectivity index (χ3n) is 1.65. The highest BCUT2D eigenvalue weighted by Gasteiger charge is 1.95. The summed E-state index contributed by atoms with van der Waals surface area (Å²) in [6, 6.07) is 0. The second-order valence-electron chi connectivity index (χ2n) is 2.89. The van der Waals surface area contributed by atoms with Crippen molar-refractivity contribution in [3.63, 3.8) is 0 Å². The SMILES string of the molecule is [CH2]C/C=C/CC(C)CCC. The fourth-order valence-corrected chi connectivity index (χ4v) is 1.06. The van der Waals surface area contributed by atoms with E-state index in [1.54, 1.807) is 0 Å². The van der Waals surface area contributed by atoms with Crippen LogP contribution in [-0.4, -0.2) is 0 Å². The summed E-state index contributed by atoms with van der Waals surface area (Å²) in [5.41, 5.74) is 0. The maximum Gasteiger partial charge on any atom is -0.0325 e. The fraction of sp³-hybridized carbons (Fsp3) is 0.700. The van der Waals surface area contributed by atoms with Crippen LogP contribution in [0.2, 0.25) is 0 Å². The van der Waals surface area contributed by atoms with Crippen molar-refractivity contribution < 1.29 is 0 Å². The van der Waals surface area contributed by atoms with Gasteiger partial charge in [0.05, 0.1) is 0 Å². The van der Waals surface area contributed by atoms with Crippen molar-refractivity contribution >= 4 is 0 Å². The summed E-state index contributed by atoms with van der Waals surface area (Å²) in [6.07, 6.45) is 9.20. The minimum atomic E-state index is 0.854. The number of hydrogen-bond donors (Lipinski definition) is 0. The van der Waals surface area contributed by atoms with Gasteiger partial charge in [-0.2, -0.15) is 0 Å². The van der Waals surface area contributed by atoms with Gasteiger partial charge in [-0.05, 0) is 25.7 Å². The first-order valence-corrected chi connectivity index (χ1v) is 4.25. The van der Waals surface area contributed by atoms with Crippen molar-refractivity contribution in [2.24, 2.45) is 5.92 Å². The highest BCUT2D eigenvalue weighted by atomic mass is 14.0. The Labute approximate surface area is 65.3 Å². The third-order valence-corrected chi connectivity index (χ3v) is 1.65. The number of allylic oxidation sites excluding steroid dienone is 2. The van der Waals surface area contributed by atoms with Crippen molar-refractivity contribution in [2.75, 3.05) is 0 Å². The van der Waals surface area contributed by atoms with Crippen LogP contribution in [0.3, 0.4) is 0 Å². The zero-order valence-corrected chi connectivity index (χ0v) is 7.27. The molecule has 0 fully saturated rings. The highest BCUT2D eigenvalue weighted by molar-refractivity contribution is 4.83. The molecule has 0 aliphatic carbocycles. The van der Waals surface area contributed by atoms with E-state index in [0.717, 1.165) is 12.3 Å². The largest absolute Gasteiger partial charge is 0.0885 e. The Kier molecular flexibility index (Phi) is 6.68. The summed E-state index contributed by atoms with van der Waals surface area (Å²) in [5.74, 6) is 0.854. The molecular formula is C10H19. The molecule has 59 valence electrons. The van der Waals surface area contributed by atoms with Crippen LogP contribution < -0.4 is 0 Å². The molecule has 10 heavy (non-hydrogen) atoms. The molecule has 0 heterocycles. The first-order valence-electron chi connectivity index (χ1n) is 4.25. The van der Waals surface area contributed by atoms with Crippen molar-refractivity contribution in [3.8, 4) is 0 Å². The van der Waals surface area contributed by atoms with E-state index in [0.29, 0.717) is 0 Å². The van der Waals surface area contributed by atoms with Gasteiger partial charge in [0.1, 0.15) is 0 Å². The molecule has 0 bridgehead atoms. The molecule has 1 radical (unpaired) electrons. The van der Waals surface area contributed by atoms with Crippen LogP contribution in [0.25, 0.3) is 0 Å². The molecule has 0 aromatic rings. The van der Waals surface area contributed by atoms with E-state index < -0.39 is 0 Å². The molecule has 0 amide bonds. The van der Waals surface area contributed by atoms with Crippen molar-refractivity contribution in [2.45, 2.75) is 39.5 Å². The van der Waals surface area contributed by atoms with Gasteiger partial charge in [-0.15, -0.1) is 0 Å². The molecule has 0 spiro atoms. The molecule has 0 aromatic carbocycles. The van der Waals surface area contributed by atoms with Crippen molar-refractivity contribution in [1.82, 2.24) is 0 Å². The van der Waals surface area contributed by atoms with Crippen LogP contribution in [0.1, 0.15) is 39.5 Å². The summed E-state index contributed by atoms with van der Waals surface area (Å²) in [7, 11) is 0. The van der Waals surface area contributed by atoms with Crippen LogP contribution >= 0.6 is 0 Å². The van der Waals surface area contributed by atoms with Gasteiger partial charge in [-0.25, -0.2) is 0 Å². The fourth-order valence-electron chi connectivity index (χ4n) is 1.06. The summed E-state index contributed by atoms with van der Waals surface area (Å²) >= 11 is 0. The van der Waals surface area contributed by atoms with Crippen LogP contribution in [0.5, 0.6) is 0 Å². The molecule has 0 rings (SSSR count). The van der Waals surface area contributed by atoms with E-state index in [9.17, 15) is 0 Å². The Morgan fingerprint density at radius 3 is 2.60 bits per heavy atom.